The van der Waals surface area contributed by atoms with Gasteiger partial charge in [-0.05, 0) is 19.1 Å². The van der Waals surface area contributed by atoms with Crippen LogP contribution in [0.3, 0.4) is 0 Å². The van der Waals surface area contributed by atoms with Crippen molar-refractivity contribution in [3.63, 3.8) is 0 Å². The molecule has 2 aromatic rings. The first kappa shape index (κ1) is 24.7. The van der Waals surface area contributed by atoms with Crippen LogP contribution in [-0.2, 0) is 19.1 Å². The lowest BCUT2D eigenvalue weighted by atomic mass is 10.1. The van der Waals surface area contributed by atoms with Gasteiger partial charge in [0.15, 0.2) is 0 Å². The van der Waals surface area contributed by atoms with E-state index >= 15 is 0 Å². The van der Waals surface area contributed by atoms with Crippen molar-refractivity contribution < 1.29 is 33.4 Å². The van der Waals surface area contributed by atoms with Gasteiger partial charge in [0.1, 0.15) is 11.4 Å². The summed E-state index contributed by atoms with van der Waals surface area (Å²) < 4.78 is 15.1. The predicted octanol–water partition coefficient (Wildman–Crippen LogP) is 1.21. The van der Waals surface area contributed by atoms with Crippen molar-refractivity contribution in [2.75, 3.05) is 47.0 Å². The zero-order valence-corrected chi connectivity index (χ0v) is 19.4. The third-order valence-corrected chi connectivity index (χ3v) is 5.50. The van der Waals surface area contributed by atoms with Crippen molar-refractivity contribution in [1.82, 2.24) is 20.1 Å². The van der Waals surface area contributed by atoms with E-state index in [1.54, 1.807) is 19.1 Å². The van der Waals surface area contributed by atoms with Crippen LogP contribution in [0.4, 0.5) is 4.79 Å². The van der Waals surface area contributed by atoms with Crippen LogP contribution >= 0.6 is 0 Å². The van der Waals surface area contributed by atoms with Crippen LogP contribution in [0.2, 0.25) is 0 Å². The standard InChI is InChI=1S/C23H28N4O7/c1-4-34-23(31)27-10-9-26(14-15(27)11-21(29)33-3)20(28)13-24-22(30)18-12-19(32-2)16-7-5-6-8-17(16)25-18/h5-8,12,15H,4,9-11,13-14H2,1-3H3,(H,24,30). The van der Waals surface area contributed by atoms with E-state index in [9.17, 15) is 19.2 Å². The van der Waals surface area contributed by atoms with Crippen LogP contribution in [0.15, 0.2) is 30.3 Å². The molecule has 11 nitrogen and oxygen atoms in total. The number of nitrogens with one attached hydrogen (secondary N) is 1. The molecular weight excluding hydrogens is 444 g/mol. The average Bonchev–Trinajstić information content (AvgIpc) is 2.86. The smallest absolute Gasteiger partial charge is 0.410 e. The lowest BCUT2D eigenvalue weighted by molar-refractivity contribution is -0.144. The van der Waals surface area contributed by atoms with Gasteiger partial charge in [0, 0.05) is 31.1 Å². The fourth-order valence-electron chi connectivity index (χ4n) is 3.77. The Morgan fingerprint density at radius 3 is 2.62 bits per heavy atom. The highest BCUT2D eigenvalue weighted by atomic mass is 16.6. The molecule has 3 rings (SSSR count). The van der Waals surface area contributed by atoms with Crippen LogP contribution < -0.4 is 10.1 Å². The second-order valence-electron chi connectivity index (χ2n) is 7.58. The van der Waals surface area contributed by atoms with Gasteiger partial charge in [-0.15, -0.1) is 0 Å². The molecule has 1 aromatic heterocycles. The number of amides is 3. The molecule has 0 saturated carbocycles. The minimum absolute atomic E-state index is 0.0771. The number of piperazine rings is 1. The minimum Gasteiger partial charge on any atom is -0.496 e. The number of carbonyl (C=O) groups excluding carboxylic acids is 4. The number of hydrogen-bond acceptors (Lipinski definition) is 8. The molecule has 34 heavy (non-hydrogen) atoms. The summed E-state index contributed by atoms with van der Waals surface area (Å²) in [5.74, 6) is -0.866. The second kappa shape index (κ2) is 11.3. The molecule has 0 bridgehead atoms. The number of rotatable bonds is 7. The number of benzene rings is 1. The van der Waals surface area contributed by atoms with E-state index in [0.717, 1.165) is 5.39 Å². The van der Waals surface area contributed by atoms with Crippen LogP contribution in [0, 0.1) is 0 Å². The first-order valence-electron chi connectivity index (χ1n) is 10.9. The van der Waals surface area contributed by atoms with Crippen LogP contribution in [0.1, 0.15) is 23.8 Å². The number of aromatic nitrogens is 1. The number of nitrogens with zero attached hydrogens (tertiary/aromatic N) is 3. The van der Waals surface area contributed by atoms with Crippen molar-refractivity contribution >= 4 is 34.8 Å². The number of pyridine rings is 1. The minimum atomic E-state index is -0.591. The molecule has 0 spiro atoms. The highest BCUT2D eigenvalue weighted by Crippen LogP contribution is 2.25. The van der Waals surface area contributed by atoms with Gasteiger partial charge in [0.25, 0.3) is 5.91 Å². The summed E-state index contributed by atoms with van der Waals surface area (Å²) in [6, 6.07) is 8.19. The average molecular weight is 472 g/mol. The third kappa shape index (κ3) is 5.72. The van der Waals surface area contributed by atoms with Crippen molar-refractivity contribution in [3.8, 4) is 5.75 Å². The van der Waals surface area contributed by atoms with Crippen molar-refractivity contribution in [3.05, 3.63) is 36.0 Å². The normalized spacial score (nSPS) is 15.6. The largest absolute Gasteiger partial charge is 0.496 e. The van der Waals surface area contributed by atoms with Gasteiger partial charge in [0.2, 0.25) is 5.91 Å². The molecule has 1 atom stereocenters. The second-order valence-corrected chi connectivity index (χ2v) is 7.58. The van der Waals surface area contributed by atoms with Gasteiger partial charge in [-0.2, -0.15) is 0 Å². The van der Waals surface area contributed by atoms with Gasteiger partial charge in [0.05, 0.1) is 45.4 Å². The zero-order valence-electron chi connectivity index (χ0n) is 19.4. The number of hydrogen-bond donors (Lipinski definition) is 1. The van der Waals surface area contributed by atoms with E-state index in [-0.39, 0.29) is 50.8 Å². The molecule has 1 N–H and O–H groups in total. The van der Waals surface area contributed by atoms with Gasteiger partial charge in [-0.25, -0.2) is 9.78 Å². The molecule has 2 heterocycles. The Balaban J connectivity index is 1.65. The van der Waals surface area contributed by atoms with E-state index in [2.05, 4.69) is 10.3 Å². The molecule has 0 aliphatic carbocycles. The fraction of sp³-hybridized carbons (Fsp3) is 0.435. The monoisotopic (exact) mass is 472 g/mol. The Morgan fingerprint density at radius 1 is 1.15 bits per heavy atom. The number of esters is 1. The Kier molecular flexibility index (Phi) is 8.23. The van der Waals surface area contributed by atoms with Crippen molar-refractivity contribution in [1.29, 1.82) is 0 Å². The summed E-state index contributed by atoms with van der Waals surface area (Å²) in [6.45, 7) is 2.18. The summed E-state index contributed by atoms with van der Waals surface area (Å²) in [6.07, 6.45) is -0.625. The fourth-order valence-corrected chi connectivity index (χ4v) is 3.77. The maximum Gasteiger partial charge on any atom is 0.410 e. The molecular formula is C23H28N4O7. The maximum absolute atomic E-state index is 12.8. The SMILES string of the molecule is CCOC(=O)N1CCN(C(=O)CNC(=O)c2cc(OC)c3ccccc3n2)CC1CC(=O)OC. The number of methoxy groups -OCH3 is 2. The van der Waals surface area contributed by atoms with E-state index < -0.39 is 24.0 Å². The lowest BCUT2D eigenvalue weighted by Crippen LogP contribution is -2.58. The first-order valence-corrected chi connectivity index (χ1v) is 10.9. The molecule has 11 heteroatoms. The van der Waals surface area contributed by atoms with Crippen molar-refractivity contribution in [2.45, 2.75) is 19.4 Å². The highest BCUT2D eigenvalue weighted by molar-refractivity contribution is 5.98. The van der Waals surface area contributed by atoms with Crippen molar-refractivity contribution in [2.24, 2.45) is 0 Å². The Labute approximate surface area is 196 Å². The molecule has 1 saturated heterocycles. The lowest BCUT2D eigenvalue weighted by Gasteiger charge is -2.40. The van der Waals surface area contributed by atoms with Crippen LogP contribution in [0.5, 0.6) is 5.75 Å². The number of carbonyl (C=O) groups is 4. The molecule has 1 unspecified atom stereocenters. The summed E-state index contributed by atoms with van der Waals surface area (Å²) in [5.41, 5.74) is 0.720. The van der Waals surface area contributed by atoms with Crippen LogP contribution in [0.25, 0.3) is 10.9 Å². The zero-order chi connectivity index (χ0) is 24.7. The molecule has 182 valence electrons. The summed E-state index contributed by atoms with van der Waals surface area (Å²) >= 11 is 0. The van der Waals surface area contributed by atoms with E-state index in [0.29, 0.717) is 11.3 Å². The molecule has 1 aliphatic rings. The van der Waals surface area contributed by atoms with Gasteiger partial charge in [-0.3, -0.25) is 14.4 Å². The van der Waals surface area contributed by atoms with E-state index in [1.165, 1.54) is 30.1 Å². The predicted molar refractivity (Wildman–Crippen MR) is 121 cm³/mol. The molecule has 1 fully saturated rings. The van der Waals surface area contributed by atoms with Gasteiger partial charge < -0.3 is 29.3 Å². The maximum atomic E-state index is 12.8. The molecule has 0 radical (unpaired) electrons. The first-order chi connectivity index (χ1) is 16.4. The molecule has 1 aliphatic heterocycles. The quantitative estimate of drug-likeness (QED) is 0.596. The topological polar surface area (TPSA) is 127 Å². The van der Waals surface area contributed by atoms with Gasteiger partial charge >= 0.3 is 12.1 Å². The molecule has 3 amide bonds. The number of para-hydroxylation sites is 1. The van der Waals surface area contributed by atoms with E-state index in [1.807, 2.05) is 12.1 Å². The number of ether oxygens (including phenoxy) is 3. The third-order valence-electron chi connectivity index (χ3n) is 5.50. The summed E-state index contributed by atoms with van der Waals surface area (Å²) in [4.78, 5) is 56.8. The highest BCUT2D eigenvalue weighted by Gasteiger charge is 2.35. The summed E-state index contributed by atoms with van der Waals surface area (Å²) in [7, 11) is 2.77. The Hall–Kier alpha value is -3.89. The van der Waals surface area contributed by atoms with E-state index in [4.69, 9.17) is 14.2 Å². The number of fused-ring (bicyclic) bond motifs is 1. The Bertz CT molecular complexity index is 1070. The molecule has 1 aromatic carbocycles. The van der Waals surface area contributed by atoms with Gasteiger partial charge in [-0.1, -0.05) is 12.1 Å². The summed E-state index contributed by atoms with van der Waals surface area (Å²) in [5, 5.41) is 3.36. The van der Waals surface area contributed by atoms with Crippen LogP contribution in [-0.4, -0.2) is 91.7 Å². The Morgan fingerprint density at radius 2 is 1.91 bits per heavy atom.